The van der Waals surface area contributed by atoms with Crippen molar-refractivity contribution in [2.24, 2.45) is 0 Å². The maximum absolute atomic E-state index is 12.6. The molecule has 0 aromatic heterocycles. The van der Waals surface area contributed by atoms with Crippen LogP contribution in [0.2, 0.25) is 0 Å². The first-order valence-corrected chi connectivity index (χ1v) is 23.2. The van der Waals surface area contributed by atoms with Gasteiger partial charge in [0.25, 0.3) is 7.82 Å². The molecule has 0 saturated carbocycles. The summed E-state index contributed by atoms with van der Waals surface area (Å²) in [7, 11) is 1.28. The Morgan fingerprint density at radius 3 is 1.68 bits per heavy atom. The number of hydrogen-bond donors (Lipinski definition) is 1. The average Bonchev–Trinajstić information content (AvgIpc) is 3.15. The zero-order valence-electron chi connectivity index (χ0n) is 36.2. The van der Waals surface area contributed by atoms with Crippen LogP contribution in [0, 0.1) is 0 Å². The number of aliphatic hydroxyl groups excluding tert-OH is 1. The molecule has 0 rings (SSSR count). The first kappa shape index (κ1) is 53.9. The highest BCUT2D eigenvalue weighted by Crippen LogP contribution is 2.38. The number of nitrogens with zero attached hydrogens (tertiary/aromatic N) is 1. The Bertz CT molecular complexity index is 1140. The smallest absolute Gasteiger partial charge is 0.306 e. The molecule has 324 valence electrons. The van der Waals surface area contributed by atoms with E-state index in [4.69, 9.17) is 18.5 Å². The lowest BCUT2D eigenvalue weighted by Gasteiger charge is -2.28. The van der Waals surface area contributed by atoms with E-state index < -0.39 is 19.9 Å². The first-order valence-electron chi connectivity index (χ1n) is 21.8. The molecule has 0 bridgehead atoms. The number of carbonyl (C=O) groups is 1. The fraction of sp³-hybridized carbons (Fsp3) is 0.717. The Kier molecular flexibility index (Phi) is 37.0. The van der Waals surface area contributed by atoms with Gasteiger partial charge >= 0.3 is 5.97 Å². The summed E-state index contributed by atoms with van der Waals surface area (Å²) >= 11 is 0. The molecule has 1 N–H and O–H groups in total. The molecule has 0 spiro atoms. The van der Waals surface area contributed by atoms with Crippen molar-refractivity contribution in [2.75, 3.05) is 54.1 Å². The highest BCUT2D eigenvalue weighted by Gasteiger charge is 2.20. The Morgan fingerprint density at radius 1 is 0.661 bits per heavy atom. The second-order valence-corrected chi connectivity index (χ2v) is 16.9. The minimum absolute atomic E-state index is 0.00461. The Hall–Kier alpha value is -2.10. The number of unbranched alkanes of at least 4 members (excludes halogenated alkanes) is 13. The predicted octanol–water partition coefficient (Wildman–Crippen LogP) is 11.1. The molecule has 0 heterocycles. The van der Waals surface area contributed by atoms with E-state index >= 15 is 0 Å². The van der Waals surface area contributed by atoms with Crippen molar-refractivity contribution in [3.05, 3.63) is 72.9 Å². The number of aliphatic hydroxyl groups is 1. The van der Waals surface area contributed by atoms with Gasteiger partial charge in [-0.05, 0) is 44.9 Å². The van der Waals surface area contributed by atoms with E-state index in [-0.39, 0.29) is 32.3 Å². The first-order chi connectivity index (χ1) is 27.0. The highest BCUT2D eigenvalue weighted by molar-refractivity contribution is 7.45. The van der Waals surface area contributed by atoms with Crippen molar-refractivity contribution in [1.29, 1.82) is 0 Å². The van der Waals surface area contributed by atoms with E-state index in [0.29, 0.717) is 24.1 Å². The van der Waals surface area contributed by atoms with Crippen molar-refractivity contribution in [3.8, 4) is 0 Å². The number of phosphoric acid groups is 1. The van der Waals surface area contributed by atoms with E-state index in [1.807, 2.05) is 52.4 Å². The summed E-state index contributed by atoms with van der Waals surface area (Å²) in [5, 5.41) is 9.47. The molecule has 0 radical (unpaired) electrons. The fourth-order valence-corrected chi connectivity index (χ4v) is 6.13. The van der Waals surface area contributed by atoms with Gasteiger partial charge in [0.05, 0.1) is 40.5 Å². The zero-order chi connectivity index (χ0) is 41.4. The molecule has 10 heteroatoms. The van der Waals surface area contributed by atoms with Crippen molar-refractivity contribution in [3.63, 3.8) is 0 Å². The van der Waals surface area contributed by atoms with Crippen LogP contribution >= 0.6 is 7.82 Å². The van der Waals surface area contributed by atoms with E-state index in [1.165, 1.54) is 77.0 Å². The van der Waals surface area contributed by atoms with Crippen molar-refractivity contribution in [1.82, 2.24) is 0 Å². The molecule has 0 aromatic rings. The van der Waals surface area contributed by atoms with Gasteiger partial charge in [-0.25, -0.2) is 0 Å². The summed E-state index contributed by atoms with van der Waals surface area (Å²) in [4.78, 5) is 25.0. The topological polar surface area (TPSA) is 114 Å². The molecular formula is C46H82NO8P. The maximum atomic E-state index is 12.6. The predicted molar refractivity (Wildman–Crippen MR) is 232 cm³/mol. The molecule has 0 aromatic carbocycles. The number of allylic oxidation sites excluding steroid dienone is 11. The van der Waals surface area contributed by atoms with E-state index in [2.05, 4.69) is 49.5 Å². The van der Waals surface area contributed by atoms with Gasteiger partial charge in [0.2, 0.25) is 0 Å². The third kappa shape index (κ3) is 41.5. The molecular weight excluding hydrogens is 725 g/mol. The van der Waals surface area contributed by atoms with Crippen molar-refractivity contribution in [2.45, 2.75) is 161 Å². The number of ether oxygens (including phenoxy) is 2. The van der Waals surface area contributed by atoms with Crippen LogP contribution in [0.4, 0.5) is 0 Å². The normalized spacial score (nSPS) is 15.1. The van der Waals surface area contributed by atoms with Crippen LogP contribution in [0.1, 0.15) is 149 Å². The summed E-state index contributed by atoms with van der Waals surface area (Å²) in [6.07, 6.45) is 45.9. The Morgan fingerprint density at radius 2 is 1.16 bits per heavy atom. The van der Waals surface area contributed by atoms with Gasteiger partial charge in [0, 0.05) is 13.0 Å². The number of rotatable bonds is 39. The van der Waals surface area contributed by atoms with E-state index in [0.717, 1.165) is 44.9 Å². The van der Waals surface area contributed by atoms with Crippen LogP contribution in [0.5, 0.6) is 0 Å². The van der Waals surface area contributed by atoms with Gasteiger partial charge in [0.15, 0.2) is 0 Å². The van der Waals surface area contributed by atoms with Crippen LogP contribution in [-0.2, 0) is 27.9 Å². The minimum Gasteiger partial charge on any atom is -0.756 e. The molecule has 56 heavy (non-hydrogen) atoms. The molecule has 3 atom stereocenters. The number of quaternary nitrogens is 1. The molecule has 0 aliphatic heterocycles. The summed E-state index contributed by atoms with van der Waals surface area (Å²) in [6, 6.07) is 0. The number of phosphoric ester groups is 1. The summed E-state index contributed by atoms with van der Waals surface area (Å²) < 4.78 is 34.4. The lowest BCUT2D eigenvalue weighted by atomic mass is 10.0. The molecule has 0 aliphatic rings. The molecule has 0 saturated heterocycles. The number of esters is 1. The second-order valence-electron chi connectivity index (χ2n) is 15.5. The van der Waals surface area contributed by atoms with Crippen LogP contribution in [-0.4, -0.2) is 81.9 Å². The van der Waals surface area contributed by atoms with E-state index in [9.17, 15) is 19.4 Å². The zero-order valence-corrected chi connectivity index (χ0v) is 37.1. The lowest BCUT2D eigenvalue weighted by Crippen LogP contribution is -2.37. The quantitative estimate of drug-likeness (QED) is 0.0163. The van der Waals surface area contributed by atoms with Gasteiger partial charge in [-0.3, -0.25) is 9.36 Å². The summed E-state index contributed by atoms with van der Waals surface area (Å²) in [5.41, 5.74) is 0. The molecule has 3 unspecified atom stereocenters. The Balaban J connectivity index is 4.40. The van der Waals surface area contributed by atoms with Crippen LogP contribution in [0.25, 0.3) is 0 Å². The molecule has 9 nitrogen and oxygen atoms in total. The van der Waals surface area contributed by atoms with Gasteiger partial charge in [-0.2, -0.15) is 0 Å². The van der Waals surface area contributed by atoms with Crippen molar-refractivity contribution < 1.29 is 42.4 Å². The maximum Gasteiger partial charge on any atom is 0.306 e. The van der Waals surface area contributed by atoms with Crippen molar-refractivity contribution >= 4 is 13.8 Å². The third-order valence-electron chi connectivity index (χ3n) is 8.94. The molecule has 0 amide bonds. The largest absolute Gasteiger partial charge is 0.756 e. The van der Waals surface area contributed by atoms with Crippen LogP contribution < -0.4 is 4.89 Å². The van der Waals surface area contributed by atoms with Crippen LogP contribution in [0.3, 0.4) is 0 Å². The summed E-state index contributed by atoms with van der Waals surface area (Å²) in [6.45, 7) is 4.95. The minimum atomic E-state index is -4.55. The lowest BCUT2D eigenvalue weighted by molar-refractivity contribution is -0.870. The van der Waals surface area contributed by atoms with E-state index in [1.54, 1.807) is 6.08 Å². The monoisotopic (exact) mass is 808 g/mol. The third-order valence-corrected chi connectivity index (χ3v) is 9.91. The number of likely N-dealkylation sites (N-methyl/N-ethyl adjacent to an activating group) is 1. The average molecular weight is 808 g/mol. The SMILES string of the molecule is CCCCCCCCCCCCCCCCOCC(COP(=O)([O-])OCC[N+](C)(C)C)OC(=O)CC/C=C\C/C=C\C/C=C\C/C=C\C/C=C\C=C\C(O)CC. The van der Waals surface area contributed by atoms with Crippen LogP contribution in [0.15, 0.2) is 72.9 Å². The molecule has 0 fully saturated rings. The number of hydrogen-bond acceptors (Lipinski definition) is 8. The Labute approximate surface area is 343 Å². The fourth-order valence-electron chi connectivity index (χ4n) is 5.41. The summed E-state index contributed by atoms with van der Waals surface area (Å²) in [5.74, 6) is -0.426. The second kappa shape index (κ2) is 38.4. The van der Waals surface area contributed by atoms with Gasteiger partial charge in [-0.1, -0.05) is 170 Å². The highest BCUT2D eigenvalue weighted by atomic mass is 31.2. The number of carbonyl (C=O) groups excluding carboxylic acids is 1. The standard InChI is InChI=1S/C46H82NO8P/c1-6-8-9-10-11-12-13-14-21-24-27-30-33-36-40-52-42-45(43-54-56(50,51)53-41-39-47(3,4)5)55-46(49)38-35-32-29-26-23-20-18-16-15-17-19-22-25-28-31-34-37-44(48)7-2/h15-16,19-20,22-23,28-29,31-32,34,37,44-45,48H,6-14,17-18,21,24-27,30,33,35-36,38-43H2,1-5H3/b16-15-,22-19-,23-20-,31-28-,32-29-,37-34+. The van der Waals surface area contributed by atoms with Gasteiger partial charge in [-0.15, -0.1) is 0 Å². The molecule has 0 aliphatic carbocycles. The van der Waals surface area contributed by atoms with Gasteiger partial charge < -0.3 is 33.0 Å². The van der Waals surface area contributed by atoms with Gasteiger partial charge in [0.1, 0.15) is 19.3 Å².